The monoisotopic (exact) mass is 231 g/mol. The molecule has 0 aliphatic carbocycles. The molecule has 4 nitrogen and oxygen atoms in total. The second-order valence-corrected chi connectivity index (χ2v) is 5.04. The standard InChI is InChI=1S/C8H10ClN3OS/c1-5-2-3-12(7(5)13)4-6-10-11-8(9)14-6/h5H,2-4H2,1H3. The summed E-state index contributed by atoms with van der Waals surface area (Å²) in [5.74, 6) is 0.356. The van der Waals surface area contributed by atoms with Gasteiger partial charge in [0.1, 0.15) is 5.01 Å². The van der Waals surface area contributed by atoms with Crippen LogP contribution in [-0.2, 0) is 11.3 Å². The van der Waals surface area contributed by atoms with Crippen LogP contribution >= 0.6 is 22.9 Å². The van der Waals surface area contributed by atoms with Gasteiger partial charge in [0.15, 0.2) is 0 Å². The third-order valence-electron chi connectivity index (χ3n) is 2.33. The number of carbonyl (C=O) groups excluding carboxylic acids is 1. The molecule has 0 spiro atoms. The molecule has 1 aromatic heterocycles. The van der Waals surface area contributed by atoms with Crippen LogP contribution in [0.3, 0.4) is 0 Å². The minimum atomic E-state index is 0.151. The number of halogens is 1. The number of carbonyl (C=O) groups is 1. The third-order valence-corrected chi connectivity index (χ3v) is 3.34. The zero-order chi connectivity index (χ0) is 10.1. The van der Waals surface area contributed by atoms with Crippen molar-refractivity contribution in [3.63, 3.8) is 0 Å². The van der Waals surface area contributed by atoms with E-state index < -0.39 is 0 Å². The maximum Gasteiger partial charge on any atom is 0.225 e. The van der Waals surface area contributed by atoms with Crippen LogP contribution in [0.15, 0.2) is 0 Å². The Morgan fingerprint density at radius 3 is 2.93 bits per heavy atom. The lowest BCUT2D eigenvalue weighted by Gasteiger charge is -2.13. The van der Waals surface area contributed by atoms with Crippen LogP contribution in [0.25, 0.3) is 0 Å². The van der Waals surface area contributed by atoms with Gasteiger partial charge < -0.3 is 4.90 Å². The Morgan fingerprint density at radius 1 is 1.64 bits per heavy atom. The predicted octanol–water partition coefficient (Wildman–Crippen LogP) is 1.56. The highest BCUT2D eigenvalue weighted by molar-refractivity contribution is 7.15. The molecular formula is C8H10ClN3OS. The summed E-state index contributed by atoms with van der Waals surface area (Å²) in [7, 11) is 0. The smallest absolute Gasteiger partial charge is 0.225 e. The first-order valence-corrected chi connectivity index (χ1v) is 5.63. The quantitative estimate of drug-likeness (QED) is 0.776. The molecule has 0 N–H and O–H groups in total. The van der Waals surface area contributed by atoms with Gasteiger partial charge in [0, 0.05) is 12.5 Å². The normalized spacial score (nSPS) is 22.0. The van der Waals surface area contributed by atoms with Gasteiger partial charge >= 0.3 is 0 Å². The van der Waals surface area contributed by atoms with Crippen LogP contribution in [0.4, 0.5) is 0 Å². The first kappa shape index (κ1) is 9.86. The van der Waals surface area contributed by atoms with Gasteiger partial charge in [-0.2, -0.15) is 0 Å². The van der Waals surface area contributed by atoms with E-state index in [1.165, 1.54) is 11.3 Å². The summed E-state index contributed by atoms with van der Waals surface area (Å²) in [6.45, 7) is 3.32. The summed E-state index contributed by atoms with van der Waals surface area (Å²) < 4.78 is 0.430. The molecule has 1 atom stereocenters. The second-order valence-electron chi connectivity index (χ2n) is 3.40. The van der Waals surface area contributed by atoms with E-state index >= 15 is 0 Å². The van der Waals surface area contributed by atoms with Crippen LogP contribution in [-0.4, -0.2) is 27.5 Å². The van der Waals surface area contributed by atoms with Gasteiger partial charge in [0.05, 0.1) is 6.54 Å². The molecule has 1 aliphatic rings. The Kier molecular flexibility index (Phi) is 2.69. The molecule has 0 radical (unpaired) electrons. The minimum Gasteiger partial charge on any atom is -0.336 e. The summed E-state index contributed by atoms with van der Waals surface area (Å²) in [4.78, 5) is 13.4. The van der Waals surface area contributed by atoms with Gasteiger partial charge in [0.2, 0.25) is 10.4 Å². The molecule has 2 rings (SSSR count). The Bertz CT molecular complexity index is 354. The van der Waals surface area contributed by atoms with Crippen LogP contribution in [0, 0.1) is 5.92 Å². The number of aromatic nitrogens is 2. The summed E-state index contributed by atoms with van der Waals surface area (Å²) in [6.07, 6.45) is 0.936. The largest absolute Gasteiger partial charge is 0.336 e. The zero-order valence-electron chi connectivity index (χ0n) is 7.73. The highest BCUT2D eigenvalue weighted by atomic mass is 35.5. The molecule has 1 aliphatic heterocycles. The fraction of sp³-hybridized carbons (Fsp3) is 0.625. The second kappa shape index (κ2) is 3.82. The van der Waals surface area contributed by atoms with Crippen molar-refractivity contribution in [2.45, 2.75) is 19.9 Å². The number of nitrogens with zero attached hydrogens (tertiary/aromatic N) is 3. The first-order chi connectivity index (χ1) is 6.66. The third kappa shape index (κ3) is 1.88. The number of amides is 1. The van der Waals surface area contributed by atoms with Crippen molar-refractivity contribution in [3.8, 4) is 0 Å². The van der Waals surface area contributed by atoms with Crippen molar-refractivity contribution in [1.29, 1.82) is 0 Å². The predicted molar refractivity (Wildman–Crippen MR) is 54.1 cm³/mol. The van der Waals surface area contributed by atoms with Crippen LogP contribution in [0.1, 0.15) is 18.4 Å². The molecule has 1 unspecified atom stereocenters. The van der Waals surface area contributed by atoms with Crippen LogP contribution in [0.5, 0.6) is 0 Å². The number of hydrogen-bond acceptors (Lipinski definition) is 4. The zero-order valence-corrected chi connectivity index (χ0v) is 9.31. The molecule has 1 aromatic rings. The summed E-state index contributed by atoms with van der Waals surface area (Å²) >= 11 is 6.98. The summed E-state index contributed by atoms with van der Waals surface area (Å²) in [5.41, 5.74) is 0. The molecule has 6 heteroatoms. The maximum absolute atomic E-state index is 11.6. The fourth-order valence-electron chi connectivity index (χ4n) is 1.51. The molecular weight excluding hydrogens is 222 g/mol. The van der Waals surface area contributed by atoms with Crippen molar-refractivity contribution in [2.24, 2.45) is 5.92 Å². The summed E-state index contributed by atoms with van der Waals surface area (Å²) in [6, 6.07) is 0. The molecule has 14 heavy (non-hydrogen) atoms. The van der Waals surface area contributed by atoms with Crippen molar-refractivity contribution < 1.29 is 4.79 Å². The van der Waals surface area contributed by atoms with Gasteiger partial charge in [-0.15, -0.1) is 10.2 Å². The number of likely N-dealkylation sites (tertiary alicyclic amines) is 1. The first-order valence-electron chi connectivity index (χ1n) is 4.43. The van der Waals surface area contributed by atoms with E-state index in [-0.39, 0.29) is 11.8 Å². The van der Waals surface area contributed by atoms with Crippen molar-refractivity contribution >= 4 is 28.8 Å². The fourth-order valence-corrected chi connectivity index (χ4v) is 2.40. The van der Waals surface area contributed by atoms with E-state index in [0.29, 0.717) is 11.0 Å². The summed E-state index contributed by atoms with van der Waals surface area (Å²) in [5, 5.41) is 8.38. The average Bonchev–Trinajstić information content (AvgIpc) is 2.67. The van der Waals surface area contributed by atoms with E-state index in [1.54, 1.807) is 0 Å². The van der Waals surface area contributed by atoms with Gasteiger partial charge in [-0.3, -0.25) is 4.79 Å². The molecule has 0 aromatic carbocycles. The Morgan fingerprint density at radius 2 is 2.43 bits per heavy atom. The van der Waals surface area contributed by atoms with E-state index in [4.69, 9.17) is 11.6 Å². The van der Waals surface area contributed by atoms with Crippen molar-refractivity contribution in [2.75, 3.05) is 6.54 Å². The molecule has 2 heterocycles. The highest BCUT2D eigenvalue weighted by Crippen LogP contribution is 2.22. The Balaban J connectivity index is 2.02. The van der Waals surface area contributed by atoms with Gasteiger partial charge in [-0.05, 0) is 18.0 Å². The molecule has 1 fully saturated rings. The maximum atomic E-state index is 11.6. The van der Waals surface area contributed by atoms with E-state index in [1.807, 2.05) is 11.8 Å². The van der Waals surface area contributed by atoms with Gasteiger partial charge in [-0.1, -0.05) is 18.3 Å². The van der Waals surface area contributed by atoms with Gasteiger partial charge in [-0.25, -0.2) is 0 Å². The average molecular weight is 232 g/mol. The SMILES string of the molecule is CC1CCN(Cc2nnc(Cl)s2)C1=O. The van der Waals surface area contributed by atoms with Crippen LogP contribution in [0.2, 0.25) is 4.47 Å². The lowest BCUT2D eigenvalue weighted by atomic mass is 10.1. The number of rotatable bonds is 2. The van der Waals surface area contributed by atoms with Crippen molar-refractivity contribution in [3.05, 3.63) is 9.47 Å². The lowest BCUT2D eigenvalue weighted by molar-refractivity contribution is -0.131. The number of hydrogen-bond donors (Lipinski definition) is 0. The minimum absolute atomic E-state index is 0.151. The molecule has 1 amide bonds. The van der Waals surface area contributed by atoms with E-state index in [0.717, 1.165) is 18.0 Å². The van der Waals surface area contributed by atoms with Gasteiger partial charge in [0.25, 0.3) is 0 Å². The Labute approximate surface area is 90.9 Å². The van der Waals surface area contributed by atoms with E-state index in [9.17, 15) is 4.79 Å². The van der Waals surface area contributed by atoms with E-state index in [2.05, 4.69) is 10.2 Å². The molecule has 1 saturated heterocycles. The lowest BCUT2D eigenvalue weighted by Crippen LogP contribution is -2.26. The highest BCUT2D eigenvalue weighted by Gasteiger charge is 2.28. The topological polar surface area (TPSA) is 46.1 Å². The molecule has 0 bridgehead atoms. The van der Waals surface area contributed by atoms with Crippen molar-refractivity contribution in [1.82, 2.24) is 15.1 Å². The molecule has 0 saturated carbocycles. The van der Waals surface area contributed by atoms with Crippen LogP contribution < -0.4 is 0 Å². The Hall–Kier alpha value is -0.680. The molecule has 76 valence electrons.